The topological polar surface area (TPSA) is 64.3 Å². The monoisotopic (exact) mass is 174 g/mol. The molecule has 3 N–H and O–H groups in total. The van der Waals surface area contributed by atoms with Crippen LogP contribution in [0.5, 0.6) is 0 Å². The molecule has 4 nitrogen and oxygen atoms in total. The van der Waals surface area contributed by atoms with Gasteiger partial charge in [-0.2, -0.15) is 0 Å². The summed E-state index contributed by atoms with van der Waals surface area (Å²) in [7, 11) is 0. The lowest BCUT2D eigenvalue weighted by atomic mass is 10.4. The lowest BCUT2D eigenvalue weighted by molar-refractivity contribution is 0.144. The Morgan fingerprint density at radius 3 is 2.83 bits per heavy atom. The van der Waals surface area contributed by atoms with Gasteiger partial charge >= 0.3 is 6.09 Å². The highest BCUT2D eigenvalue weighted by Gasteiger charge is 1.98. The summed E-state index contributed by atoms with van der Waals surface area (Å²) in [5.74, 6) is 0. The Labute approximate surface area is 73.5 Å². The molecule has 0 spiro atoms. The standard InChI is InChI=1S/C8H18N2O2/c1-2-3-7-12-8(11)10-6-4-5-9/h2-7,9H2,1H3,(H,10,11). The van der Waals surface area contributed by atoms with E-state index in [9.17, 15) is 4.79 Å². The summed E-state index contributed by atoms with van der Waals surface area (Å²) in [5.41, 5.74) is 5.24. The van der Waals surface area contributed by atoms with Crippen LogP contribution in [-0.2, 0) is 4.74 Å². The van der Waals surface area contributed by atoms with Gasteiger partial charge in [-0.3, -0.25) is 0 Å². The van der Waals surface area contributed by atoms with E-state index in [1.165, 1.54) is 0 Å². The van der Waals surface area contributed by atoms with Gasteiger partial charge in [-0.15, -0.1) is 0 Å². The molecule has 0 aromatic heterocycles. The maximum atomic E-state index is 10.8. The van der Waals surface area contributed by atoms with Gasteiger partial charge in [0.2, 0.25) is 0 Å². The molecular weight excluding hydrogens is 156 g/mol. The van der Waals surface area contributed by atoms with E-state index in [1.807, 2.05) is 0 Å². The molecule has 0 aliphatic rings. The molecule has 72 valence electrons. The molecule has 0 unspecified atom stereocenters. The molecule has 12 heavy (non-hydrogen) atoms. The quantitative estimate of drug-likeness (QED) is 0.587. The number of rotatable bonds is 6. The average molecular weight is 174 g/mol. The number of carbonyl (C=O) groups excluding carboxylic acids is 1. The average Bonchev–Trinajstić information content (AvgIpc) is 2.06. The molecule has 0 aliphatic heterocycles. The number of carbonyl (C=O) groups is 1. The number of ether oxygens (including phenoxy) is 1. The van der Waals surface area contributed by atoms with Gasteiger partial charge in [-0.25, -0.2) is 4.79 Å². The zero-order chi connectivity index (χ0) is 9.23. The first-order valence-corrected chi connectivity index (χ1v) is 4.42. The number of hydrogen-bond donors (Lipinski definition) is 2. The third-order valence-corrected chi connectivity index (χ3v) is 1.38. The van der Waals surface area contributed by atoms with Gasteiger partial charge in [-0.1, -0.05) is 13.3 Å². The molecule has 4 heteroatoms. The zero-order valence-electron chi connectivity index (χ0n) is 7.64. The third kappa shape index (κ3) is 7.34. The Hall–Kier alpha value is -0.770. The Bertz CT molecular complexity index is 106. The van der Waals surface area contributed by atoms with Crippen molar-refractivity contribution in [1.82, 2.24) is 5.32 Å². The minimum atomic E-state index is -0.336. The van der Waals surface area contributed by atoms with Crippen molar-refractivity contribution in [2.24, 2.45) is 5.73 Å². The van der Waals surface area contributed by atoms with Crippen LogP contribution < -0.4 is 11.1 Å². The largest absolute Gasteiger partial charge is 0.450 e. The summed E-state index contributed by atoms with van der Waals surface area (Å²) in [6, 6.07) is 0. The molecule has 0 radical (unpaired) electrons. The molecule has 0 fully saturated rings. The highest BCUT2D eigenvalue weighted by atomic mass is 16.5. The fourth-order valence-electron chi connectivity index (χ4n) is 0.653. The summed E-state index contributed by atoms with van der Waals surface area (Å²) in [6.07, 6.45) is 2.42. The van der Waals surface area contributed by atoms with E-state index in [1.54, 1.807) is 0 Å². The Morgan fingerprint density at radius 2 is 2.25 bits per heavy atom. The second-order valence-electron chi connectivity index (χ2n) is 2.56. The van der Waals surface area contributed by atoms with Gasteiger partial charge in [0.25, 0.3) is 0 Å². The molecule has 0 aromatic carbocycles. The molecule has 0 bridgehead atoms. The Kier molecular flexibility index (Phi) is 7.79. The second-order valence-corrected chi connectivity index (χ2v) is 2.56. The van der Waals surface area contributed by atoms with Crippen LogP contribution in [0.3, 0.4) is 0 Å². The number of nitrogens with one attached hydrogen (secondary N) is 1. The lowest BCUT2D eigenvalue weighted by Gasteiger charge is -2.04. The van der Waals surface area contributed by atoms with Crippen LogP contribution in [0, 0.1) is 0 Å². The molecule has 0 atom stereocenters. The molecule has 0 saturated heterocycles. The van der Waals surface area contributed by atoms with E-state index in [-0.39, 0.29) is 6.09 Å². The smallest absolute Gasteiger partial charge is 0.407 e. The molecule has 0 saturated carbocycles. The second kappa shape index (κ2) is 8.33. The van der Waals surface area contributed by atoms with Crippen molar-refractivity contribution in [3.8, 4) is 0 Å². The summed E-state index contributed by atoms with van der Waals surface area (Å²) < 4.78 is 4.84. The van der Waals surface area contributed by atoms with Crippen molar-refractivity contribution in [1.29, 1.82) is 0 Å². The van der Waals surface area contributed by atoms with Crippen LogP contribution in [0.4, 0.5) is 4.79 Å². The van der Waals surface area contributed by atoms with Crippen LogP contribution in [-0.4, -0.2) is 25.8 Å². The predicted molar refractivity (Wildman–Crippen MR) is 47.9 cm³/mol. The minimum Gasteiger partial charge on any atom is -0.450 e. The molecular formula is C8H18N2O2. The van der Waals surface area contributed by atoms with Crippen molar-refractivity contribution < 1.29 is 9.53 Å². The molecule has 0 heterocycles. The van der Waals surface area contributed by atoms with Gasteiger partial charge in [0, 0.05) is 6.54 Å². The summed E-state index contributed by atoms with van der Waals surface area (Å²) in [4.78, 5) is 10.8. The van der Waals surface area contributed by atoms with Gasteiger partial charge in [-0.05, 0) is 19.4 Å². The highest BCUT2D eigenvalue weighted by Crippen LogP contribution is 1.88. The Balaban J connectivity index is 3.10. The van der Waals surface area contributed by atoms with Crippen LogP contribution in [0.25, 0.3) is 0 Å². The van der Waals surface area contributed by atoms with E-state index < -0.39 is 0 Å². The molecule has 1 amide bonds. The normalized spacial score (nSPS) is 9.50. The van der Waals surface area contributed by atoms with E-state index in [0.717, 1.165) is 19.3 Å². The summed E-state index contributed by atoms with van der Waals surface area (Å²) >= 11 is 0. The first kappa shape index (κ1) is 11.2. The van der Waals surface area contributed by atoms with Gasteiger partial charge in [0.1, 0.15) is 0 Å². The number of nitrogens with two attached hydrogens (primary N) is 1. The van der Waals surface area contributed by atoms with E-state index in [0.29, 0.717) is 19.7 Å². The number of amides is 1. The zero-order valence-corrected chi connectivity index (χ0v) is 7.64. The summed E-state index contributed by atoms with van der Waals surface area (Å²) in [5, 5.41) is 2.60. The summed E-state index contributed by atoms with van der Waals surface area (Å²) in [6.45, 7) is 3.75. The van der Waals surface area contributed by atoms with E-state index in [4.69, 9.17) is 10.5 Å². The maximum Gasteiger partial charge on any atom is 0.407 e. The van der Waals surface area contributed by atoms with Crippen LogP contribution in [0.2, 0.25) is 0 Å². The number of alkyl carbamates (subject to hydrolysis) is 1. The van der Waals surface area contributed by atoms with Gasteiger partial charge in [0.15, 0.2) is 0 Å². The van der Waals surface area contributed by atoms with Gasteiger partial charge < -0.3 is 15.8 Å². The van der Waals surface area contributed by atoms with E-state index >= 15 is 0 Å². The van der Waals surface area contributed by atoms with Crippen molar-refractivity contribution in [2.45, 2.75) is 26.2 Å². The van der Waals surface area contributed by atoms with Crippen molar-refractivity contribution in [3.05, 3.63) is 0 Å². The predicted octanol–water partition coefficient (Wildman–Crippen LogP) is 0.862. The Morgan fingerprint density at radius 1 is 1.50 bits per heavy atom. The fraction of sp³-hybridized carbons (Fsp3) is 0.875. The lowest BCUT2D eigenvalue weighted by Crippen LogP contribution is -2.26. The van der Waals surface area contributed by atoms with Crippen LogP contribution in [0.15, 0.2) is 0 Å². The first-order valence-electron chi connectivity index (χ1n) is 4.42. The maximum absolute atomic E-state index is 10.8. The van der Waals surface area contributed by atoms with Crippen LogP contribution in [0.1, 0.15) is 26.2 Å². The SMILES string of the molecule is CCCCOC(=O)NCCCN. The minimum absolute atomic E-state index is 0.336. The van der Waals surface area contributed by atoms with Crippen molar-refractivity contribution in [2.75, 3.05) is 19.7 Å². The van der Waals surface area contributed by atoms with E-state index in [2.05, 4.69) is 12.2 Å². The molecule has 0 aromatic rings. The number of hydrogen-bond acceptors (Lipinski definition) is 3. The molecule has 0 rings (SSSR count). The molecule has 0 aliphatic carbocycles. The third-order valence-electron chi connectivity index (χ3n) is 1.38. The number of unbranched alkanes of at least 4 members (excludes halogenated alkanes) is 1. The fourth-order valence-corrected chi connectivity index (χ4v) is 0.653. The van der Waals surface area contributed by atoms with Gasteiger partial charge in [0.05, 0.1) is 6.61 Å². The first-order chi connectivity index (χ1) is 5.81. The van der Waals surface area contributed by atoms with Crippen LogP contribution >= 0.6 is 0 Å². The highest BCUT2D eigenvalue weighted by molar-refractivity contribution is 5.66. The van der Waals surface area contributed by atoms with Crippen molar-refractivity contribution in [3.63, 3.8) is 0 Å². The van der Waals surface area contributed by atoms with Crippen molar-refractivity contribution >= 4 is 6.09 Å².